The zero-order valence-corrected chi connectivity index (χ0v) is 16.4. The molecule has 2 heterocycles. The number of hydrogen-bond donors (Lipinski definition) is 1. The van der Waals surface area contributed by atoms with Crippen LogP contribution in [0.25, 0.3) is 28.7 Å². The lowest BCUT2D eigenvalue weighted by atomic mass is 10.2. The zero-order valence-electron chi connectivity index (χ0n) is 15.6. The lowest BCUT2D eigenvalue weighted by Crippen LogP contribution is -2.11. The van der Waals surface area contributed by atoms with Crippen molar-refractivity contribution in [1.82, 2.24) is 25.1 Å². The first-order valence-electron chi connectivity index (χ1n) is 8.54. The molecule has 2 aromatic heterocycles. The number of para-hydroxylation sites is 1. The van der Waals surface area contributed by atoms with Gasteiger partial charge in [0, 0.05) is 12.7 Å². The summed E-state index contributed by atoms with van der Waals surface area (Å²) < 4.78 is 49.2. The highest BCUT2D eigenvalue weighted by molar-refractivity contribution is 7.89. The van der Waals surface area contributed by atoms with E-state index >= 15 is 0 Å². The van der Waals surface area contributed by atoms with Gasteiger partial charge < -0.3 is 9.26 Å². The normalized spacial score (nSPS) is 11.7. The Morgan fingerprint density at radius 2 is 2.00 bits per heavy atom. The molecule has 0 fully saturated rings. The molecule has 10 nitrogen and oxygen atoms in total. The SMILES string of the molecule is COCc1c(-c2nc(-c3cccc(S(N)(=O)=O)c3)no2)nnn1-c1ccccc1F. The van der Waals surface area contributed by atoms with E-state index in [-0.39, 0.29) is 34.6 Å². The van der Waals surface area contributed by atoms with Gasteiger partial charge in [-0.05, 0) is 24.3 Å². The Morgan fingerprint density at radius 1 is 1.20 bits per heavy atom. The maximum absolute atomic E-state index is 14.2. The summed E-state index contributed by atoms with van der Waals surface area (Å²) in [7, 11) is -2.42. The summed E-state index contributed by atoms with van der Waals surface area (Å²) in [5, 5.41) is 17.1. The molecule has 0 saturated heterocycles. The maximum Gasteiger partial charge on any atom is 0.280 e. The number of sulfonamides is 1. The largest absolute Gasteiger partial charge is 0.378 e. The van der Waals surface area contributed by atoms with Crippen LogP contribution in [-0.4, -0.2) is 40.7 Å². The second-order valence-corrected chi connectivity index (χ2v) is 7.74. The Kier molecular flexibility index (Phi) is 5.11. The standard InChI is InChI=1S/C18H15FN6O4S/c1-28-10-15-16(22-24-25(15)14-8-3-2-7-13(14)19)18-21-17(23-29-18)11-5-4-6-12(9-11)30(20,26)27/h2-9H,10H2,1H3,(H2,20,26,27). The van der Waals surface area contributed by atoms with Crippen molar-refractivity contribution in [3.63, 3.8) is 0 Å². The number of ether oxygens (including phenoxy) is 1. The number of nitrogens with two attached hydrogens (primary N) is 1. The van der Waals surface area contributed by atoms with Gasteiger partial charge in [0.1, 0.15) is 17.2 Å². The van der Waals surface area contributed by atoms with Crippen molar-refractivity contribution in [3.05, 3.63) is 60.0 Å². The minimum absolute atomic E-state index is 0.0145. The van der Waals surface area contributed by atoms with Gasteiger partial charge in [0.05, 0.1) is 11.5 Å². The van der Waals surface area contributed by atoms with E-state index in [0.717, 1.165) is 0 Å². The van der Waals surface area contributed by atoms with Gasteiger partial charge in [-0.15, -0.1) is 5.10 Å². The van der Waals surface area contributed by atoms with Gasteiger partial charge in [0.2, 0.25) is 15.8 Å². The third-order valence-electron chi connectivity index (χ3n) is 4.17. The Balaban J connectivity index is 1.77. The molecule has 0 saturated carbocycles. The van der Waals surface area contributed by atoms with Crippen molar-refractivity contribution in [2.24, 2.45) is 5.14 Å². The number of primary sulfonamides is 1. The van der Waals surface area contributed by atoms with E-state index in [0.29, 0.717) is 11.3 Å². The molecule has 4 rings (SSSR count). The molecular formula is C18H15FN6O4S. The highest BCUT2D eigenvalue weighted by Crippen LogP contribution is 2.27. The van der Waals surface area contributed by atoms with Crippen LogP contribution < -0.4 is 5.14 Å². The molecular weight excluding hydrogens is 415 g/mol. The highest BCUT2D eigenvalue weighted by atomic mass is 32.2. The van der Waals surface area contributed by atoms with Gasteiger partial charge in [-0.3, -0.25) is 0 Å². The molecule has 0 radical (unpaired) electrons. The van der Waals surface area contributed by atoms with Gasteiger partial charge in [0.25, 0.3) is 5.89 Å². The molecule has 0 atom stereocenters. The van der Waals surface area contributed by atoms with Crippen LogP contribution in [0.2, 0.25) is 0 Å². The van der Waals surface area contributed by atoms with E-state index in [1.54, 1.807) is 24.3 Å². The van der Waals surface area contributed by atoms with Crippen LogP contribution in [0.5, 0.6) is 0 Å². The molecule has 0 unspecified atom stereocenters. The lowest BCUT2D eigenvalue weighted by Gasteiger charge is -2.06. The van der Waals surface area contributed by atoms with Crippen LogP contribution in [-0.2, 0) is 21.4 Å². The number of hydrogen-bond acceptors (Lipinski definition) is 8. The van der Waals surface area contributed by atoms with Gasteiger partial charge in [-0.2, -0.15) is 4.98 Å². The molecule has 2 N–H and O–H groups in total. The molecule has 0 amide bonds. The topological polar surface area (TPSA) is 139 Å². The predicted molar refractivity (Wildman–Crippen MR) is 102 cm³/mol. The minimum atomic E-state index is -3.89. The van der Waals surface area contributed by atoms with Crippen LogP contribution in [0.3, 0.4) is 0 Å². The molecule has 0 spiro atoms. The van der Waals surface area contributed by atoms with Crippen molar-refractivity contribution < 1.29 is 22.1 Å². The Labute approximate surface area is 170 Å². The monoisotopic (exact) mass is 430 g/mol. The first-order valence-corrected chi connectivity index (χ1v) is 10.1. The molecule has 4 aromatic rings. The number of benzene rings is 2. The highest BCUT2D eigenvalue weighted by Gasteiger charge is 2.23. The molecule has 0 bridgehead atoms. The third-order valence-corrected chi connectivity index (χ3v) is 5.09. The second-order valence-electron chi connectivity index (χ2n) is 6.18. The fraction of sp³-hybridized carbons (Fsp3) is 0.111. The first-order chi connectivity index (χ1) is 14.4. The minimum Gasteiger partial charge on any atom is -0.378 e. The summed E-state index contributed by atoms with van der Waals surface area (Å²) >= 11 is 0. The van der Waals surface area contributed by atoms with E-state index in [2.05, 4.69) is 20.5 Å². The van der Waals surface area contributed by atoms with Crippen LogP contribution in [0.1, 0.15) is 5.69 Å². The molecule has 0 aliphatic heterocycles. The van der Waals surface area contributed by atoms with Crippen molar-refractivity contribution in [2.45, 2.75) is 11.5 Å². The lowest BCUT2D eigenvalue weighted by molar-refractivity contribution is 0.179. The van der Waals surface area contributed by atoms with E-state index in [9.17, 15) is 12.8 Å². The summed E-state index contributed by atoms with van der Waals surface area (Å²) in [6.07, 6.45) is 0. The van der Waals surface area contributed by atoms with Crippen LogP contribution in [0.15, 0.2) is 57.9 Å². The number of halogens is 1. The quantitative estimate of drug-likeness (QED) is 0.489. The fourth-order valence-corrected chi connectivity index (χ4v) is 3.36. The van der Waals surface area contributed by atoms with E-state index in [4.69, 9.17) is 14.4 Å². The van der Waals surface area contributed by atoms with E-state index in [1.165, 1.54) is 36.1 Å². The van der Waals surface area contributed by atoms with Crippen molar-refractivity contribution in [3.8, 4) is 28.7 Å². The summed E-state index contributed by atoms with van der Waals surface area (Å²) in [5.41, 5.74) is 1.17. The first kappa shape index (κ1) is 19.8. The number of rotatable bonds is 6. The summed E-state index contributed by atoms with van der Waals surface area (Å²) in [4.78, 5) is 4.18. The molecule has 2 aromatic carbocycles. The van der Waals surface area contributed by atoms with Gasteiger partial charge in [-0.1, -0.05) is 34.6 Å². The average molecular weight is 430 g/mol. The van der Waals surface area contributed by atoms with Crippen LogP contribution in [0.4, 0.5) is 4.39 Å². The van der Waals surface area contributed by atoms with Gasteiger partial charge in [0.15, 0.2) is 5.69 Å². The van der Waals surface area contributed by atoms with E-state index < -0.39 is 15.8 Å². The Bertz CT molecular complexity index is 1320. The van der Waals surface area contributed by atoms with Crippen LogP contribution >= 0.6 is 0 Å². The second kappa shape index (κ2) is 7.74. The maximum atomic E-state index is 14.2. The zero-order chi connectivity index (χ0) is 21.3. The molecule has 154 valence electrons. The fourth-order valence-electron chi connectivity index (χ4n) is 2.80. The number of methoxy groups -OCH3 is 1. The van der Waals surface area contributed by atoms with Gasteiger partial charge >= 0.3 is 0 Å². The molecule has 0 aliphatic carbocycles. The summed E-state index contributed by atoms with van der Waals surface area (Å²) in [6, 6.07) is 11.9. The molecule has 30 heavy (non-hydrogen) atoms. The van der Waals surface area contributed by atoms with Crippen LogP contribution in [0, 0.1) is 5.82 Å². The average Bonchev–Trinajstić information content (AvgIpc) is 3.36. The third kappa shape index (κ3) is 3.70. The van der Waals surface area contributed by atoms with Gasteiger partial charge in [-0.25, -0.2) is 22.6 Å². The van der Waals surface area contributed by atoms with E-state index in [1.807, 2.05) is 0 Å². The van der Waals surface area contributed by atoms with Crippen molar-refractivity contribution in [1.29, 1.82) is 0 Å². The molecule has 12 heteroatoms. The summed E-state index contributed by atoms with van der Waals surface area (Å²) in [5.74, 6) is -0.350. The van der Waals surface area contributed by atoms with Crippen molar-refractivity contribution in [2.75, 3.05) is 7.11 Å². The number of nitrogens with zero attached hydrogens (tertiary/aromatic N) is 5. The van der Waals surface area contributed by atoms with Crippen molar-refractivity contribution >= 4 is 10.0 Å². The summed E-state index contributed by atoms with van der Waals surface area (Å²) in [6.45, 7) is 0.0509. The Hall–Kier alpha value is -3.48. The predicted octanol–water partition coefficient (Wildman–Crippen LogP) is 1.92. The number of aromatic nitrogens is 5. The Morgan fingerprint density at radius 3 is 2.73 bits per heavy atom. The smallest absolute Gasteiger partial charge is 0.280 e. The molecule has 0 aliphatic rings.